The van der Waals surface area contributed by atoms with Crippen molar-refractivity contribution in [1.82, 2.24) is 49.7 Å². The van der Waals surface area contributed by atoms with Gasteiger partial charge in [0.25, 0.3) is 0 Å². The molecule has 0 saturated carbocycles. The molecule has 2 aliphatic heterocycles. The van der Waals surface area contributed by atoms with Crippen LogP contribution in [0, 0.1) is 11.6 Å². The molecule has 6 aromatic rings. The summed E-state index contributed by atoms with van der Waals surface area (Å²) in [7, 11) is 0. The normalized spacial score (nSPS) is 16.5. The number of aromatic amines is 2. The van der Waals surface area contributed by atoms with Gasteiger partial charge < -0.3 is 30.4 Å². The van der Waals surface area contributed by atoms with Crippen molar-refractivity contribution in [2.24, 2.45) is 0 Å². The maximum Gasteiger partial charge on any atom is 0.223 e. The second kappa shape index (κ2) is 21.1. The van der Waals surface area contributed by atoms with Crippen molar-refractivity contribution < 1.29 is 18.4 Å². The van der Waals surface area contributed by atoms with Crippen molar-refractivity contribution in [2.75, 3.05) is 42.7 Å². The van der Waals surface area contributed by atoms with E-state index in [2.05, 4.69) is 57.1 Å². The molecule has 2 fully saturated rings. The standard InChI is InChI=1S/C22H24ClFN6O.C21H23Cl2FN6O/c1-2-3-7-19(31)30-8-5-4-6-15(30)11-26-22-18(24)13-28-21(29-22)17-12-27-20-16(17)9-14(23)10-25-20;22-6-3-5-18(31)30-7-2-1-4-14(30)10-26-21-17(24)12-28-20(29-21)16-11-27-19-15(16)8-13(23)9-25-19/h2,9-10,12-13,15H,1,3-8,11H2,(H,25,27)(H,26,28,29);8-9,11-12,14H,1-7,10H2,(H,25,27)(H,26,28,29)/t15-;14-/m11/s1. The number of carbonyl (C=O) groups is 2. The van der Waals surface area contributed by atoms with E-state index in [0.29, 0.717) is 95.3 Å². The first-order valence-corrected chi connectivity index (χ1v) is 22.0. The summed E-state index contributed by atoms with van der Waals surface area (Å²) >= 11 is 17.9. The van der Waals surface area contributed by atoms with Crippen molar-refractivity contribution in [3.8, 4) is 22.8 Å². The molecule has 6 aromatic heterocycles. The minimum Gasteiger partial charge on any atom is -0.365 e. The van der Waals surface area contributed by atoms with Crippen LogP contribution >= 0.6 is 34.8 Å². The number of pyridine rings is 2. The van der Waals surface area contributed by atoms with Gasteiger partial charge in [-0.1, -0.05) is 29.3 Å². The second-order valence-corrected chi connectivity index (χ2v) is 16.4. The van der Waals surface area contributed by atoms with Gasteiger partial charge in [-0.25, -0.2) is 38.7 Å². The summed E-state index contributed by atoms with van der Waals surface area (Å²) in [5, 5.41) is 8.68. The number of amides is 2. The molecule has 0 radical (unpaired) electrons. The monoisotopic (exact) mass is 906 g/mol. The van der Waals surface area contributed by atoms with Crippen LogP contribution in [0.4, 0.5) is 20.4 Å². The number of halogens is 5. The quantitative estimate of drug-likeness (QED) is 0.0610. The molecule has 8 heterocycles. The molecule has 326 valence electrons. The van der Waals surface area contributed by atoms with Crippen LogP contribution in [-0.4, -0.2) is 106 Å². The fourth-order valence-corrected chi connectivity index (χ4v) is 8.26. The number of hydrogen-bond acceptors (Lipinski definition) is 10. The molecular formula is C43H47Cl3F2N12O2. The number of likely N-dealkylation sites (tertiary alicyclic amines) is 2. The first-order chi connectivity index (χ1) is 30.1. The summed E-state index contributed by atoms with van der Waals surface area (Å²) in [6.07, 6.45) is 18.6. The molecule has 0 spiro atoms. The Hall–Kier alpha value is -5.45. The summed E-state index contributed by atoms with van der Waals surface area (Å²) in [5.74, 6) is 0.519. The number of carbonyl (C=O) groups excluding carboxylic acids is 2. The zero-order valence-corrected chi connectivity index (χ0v) is 36.2. The third kappa shape index (κ3) is 10.8. The van der Waals surface area contributed by atoms with Gasteiger partial charge in [0.05, 0.1) is 22.4 Å². The molecule has 0 bridgehead atoms. The fourth-order valence-electron chi connectivity index (χ4n) is 7.81. The number of piperidine rings is 2. The molecule has 8 rings (SSSR count). The lowest BCUT2D eigenvalue weighted by Crippen LogP contribution is -2.47. The number of alkyl halides is 1. The lowest BCUT2D eigenvalue weighted by Gasteiger charge is -2.36. The number of H-pyrrole nitrogens is 2. The SMILES string of the molecule is C=CCCC(=O)N1CCCC[C@@H]1CNc1nc(-c2c[nH]c3ncc(Cl)cc23)ncc1F.O=C(CCCCl)N1CCCC[C@@H]1CNc1nc(-c2c[nH]c3ncc(Cl)cc23)ncc1F. The van der Waals surface area contributed by atoms with E-state index in [-0.39, 0.29) is 35.5 Å². The zero-order valence-electron chi connectivity index (χ0n) is 33.9. The van der Waals surface area contributed by atoms with Crippen LogP contribution in [0.1, 0.15) is 64.2 Å². The van der Waals surface area contributed by atoms with Crippen LogP contribution in [-0.2, 0) is 9.59 Å². The Morgan fingerprint density at radius 1 is 0.742 bits per heavy atom. The summed E-state index contributed by atoms with van der Waals surface area (Å²) in [4.78, 5) is 60.5. The molecule has 2 amide bonds. The van der Waals surface area contributed by atoms with Gasteiger partial charge in [-0.05, 0) is 63.5 Å². The van der Waals surface area contributed by atoms with E-state index in [1.807, 2.05) is 9.80 Å². The lowest BCUT2D eigenvalue weighted by molar-refractivity contribution is -0.135. The number of fused-ring (bicyclic) bond motifs is 2. The number of aromatic nitrogens is 8. The van der Waals surface area contributed by atoms with Crippen LogP contribution in [0.2, 0.25) is 10.0 Å². The molecule has 0 unspecified atom stereocenters. The average molecular weight is 908 g/mol. The number of nitrogens with zero attached hydrogens (tertiary/aromatic N) is 8. The summed E-state index contributed by atoms with van der Waals surface area (Å²) in [6.45, 7) is 5.97. The predicted octanol–water partition coefficient (Wildman–Crippen LogP) is 9.20. The van der Waals surface area contributed by atoms with Gasteiger partial charge in [-0.15, -0.1) is 18.2 Å². The smallest absolute Gasteiger partial charge is 0.223 e. The van der Waals surface area contributed by atoms with Crippen LogP contribution in [0.3, 0.4) is 0 Å². The number of anilines is 2. The average Bonchev–Trinajstić information content (AvgIpc) is 3.91. The van der Waals surface area contributed by atoms with Crippen LogP contribution in [0.5, 0.6) is 0 Å². The van der Waals surface area contributed by atoms with Gasteiger partial charge in [0.15, 0.2) is 34.9 Å². The molecule has 0 aliphatic carbocycles. The molecule has 2 aliphatic rings. The second-order valence-electron chi connectivity index (χ2n) is 15.1. The third-order valence-corrected chi connectivity index (χ3v) is 11.6. The Morgan fingerprint density at radius 3 is 1.69 bits per heavy atom. The zero-order chi connectivity index (χ0) is 43.6. The highest BCUT2D eigenvalue weighted by Crippen LogP contribution is 2.30. The Labute approximate surface area is 372 Å². The molecule has 2 atom stereocenters. The summed E-state index contributed by atoms with van der Waals surface area (Å²) in [6, 6.07) is 3.53. The first-order valence-electron chi connectivity index (χ1n) is 20.7. The van der Waals surface area contributed by atoms with E-state index in [9.17, 15) is 18.4 Å². The van der Waals surface area contributed by atoms with Crippen molar-refractivity contribution >= 4 is 80.3 Å². The highest BCUT2D eigenvalue weighted by molar-refractivity contribution is 6.31. The minimum atomic E-state index is -0.546. The Bertz CT molecular complexity index is 2520. The first kappa shape index (κ1) is 44.6. The van der Waals surface area contributed by atoms with Gasteiger partial charge in [0.1, 0.15) is 11.3 Å². The van der Waals surface area contributed by atoms with Gasteiger partial charge in [-0.3, -0.25) is 9.59 Å². The molecule has 0 aromatic carbocycles. The van der Waals surface area contributed by atoms with E-state index in [4.69, 9.17) is 34.8 Å². The van der Waals surface area contributed by atoms with E-state index in [0.717, 1.165) is 68.2 Å². The molecule has 62 heavy (non-hydrogen) atoms. The van der Waals surface area contributed by atoms with Crippen molar-refractivity contribution in [1.29, 1.82) is 0 Å². The van der Waals surface area contributed by atoms with Gasteiger partial charge in [-0.2, -0.15) is 0 Å². The van der Waals surface area contributed by atoms with Crippen molar-refractivity contribution in [3.63, 3.8) is 0 Å². The Kier molecular flexibility index (Phi) is 15.2. The largest absolute Gasteiger partial charge is 0.365 e. The fraction of sp³-hybridized carbons (Fsp3) is 0.395. The van der Waals surface area contributed by atoms with Gasteiger partial charge in [0.2, 0.25) is 11.8 Å². The number of hydrogen-bond donors (Lipinski definition) is 4. The van der Waals surface area contributed by atoms with E-state index >= 15 is 0 Å². The van der Waals surface area contributed by atoms with Crippen LogP contribution in [0.15, 0.2) is 62.0 Å². The lowest BCUT2D eigenvalue weighted by atomic mass is 10.0. The Balaban J connectivity index is 0.000000186. The van der Waals surface area contributed by atoms with Crippen molar-refractivity contribution in [2.45, 2.75) is 76.3 Å². The topological polar surface area (TPSA) is 174 Å². The van der Waals surface area contributed by atoms with Crippen LogP contribution < -0.4 is 10.6 Å². The highest BCUT2D eigenvalue weighted by atomic mass is 35.5. The van der Waals surface area contributed by atoms with Crippen LogP contribution in [0.25, 0.3) is 44.8 Å². The molecule has 14 nitrogen and oxygen atoms in total. The van der Waals surface area contributed by atoms with Crippen molar-refractivity contribution in [3.05, 3.63) is 83.6 Å². The minimum absolute atomic E-state index is 0.0000222. The maximum absolute atomic E-state index is 14.4. The molecular weight excluding hydrogens is 861 g/mol. The summed E-state index contributed by atoms with van der Waals surface area (Å²) in [5.41, 5.74) is 2.67. The van der Waals surface area contributed by atoms with E-state index < -0.39 is 11.6 Å². The van der Waals surface area contributed by atoms with E-state index in [1.54, 1.807) is 43.0 Å². The predicted molar refractivity (Wildman–Crippen MR) is 239 cm³/mol. The molecule has 2 saturated heterocycles. The molecule has 19 heteroatoms. The van der Waals surface area contributed by atoms with E-state index in [1.165, 1.54) is 0 Å². The summed E-state index contributed by atoms with van der Waals surface area (Å²) < 4.78 is 28.9. The Morgan fingerprint density at radius 2 is 1.23 bits per heavy atom. The number of rotatable bonds is 14. The maximum atomic E-state index is 14.4. The molecule has 4 N–H and O–H groups in total. The van der Waals surface area contributed by atoms with Gasteiger partial charge >= 0.3 is 0 Å². The highest BCUT2D eigenvalue weighted by Gasteiger charge is 2.28. The third-order valence-electron chi connectivity index (χ3n) is 11.0. The van der Waals surface area contributed by atoms with Gasteiger partial charge in [0, 0.05) is 104 Å². The number of allylic oxidation sites excluding steroid dienone is 1. The number of nitrogens with one attached hydrogen (secondary N) is 4.